The molecule has 2 rings (SSSR count). The third-order valence-corrected chi connectivity index (χ3v) is 4.70. The number of hydrogen-bond acceptors (Lipinski definition) is 2. The molecule has 0 unspecified atom stereocenters. The lowest BCUT2D eigenvalue weighted by molar-refractivity contribution is 0.481. The monoisotopic (exact) mass is 318 g/mol. The zero-order valence-electron chi connectivity index (χ0n) is 12.8. The summed E-state index contributed by atoms with van der Waals surface area (Å²) in [7, 11) is -4.14. The first-order valence-electron chi connectivity index (χ1n) is 7.58. The molecular weight excluding hydrogens is 296 g/mol. The van der Waals surface area contributed by atoms with Crippen molar-refractivity contribution in [2.45, 2.75) is 43.9 Å². The average Bonchev–Trinajstić information content (AvgIpc) is 2.47. The van der Waals surface area contributed by atoms with Crippen molar-refractivity contribution in [3.05, 3.63) is 65.2 Å². The number of aryl methyl sites for hydroxylation is 3. The normalized spacial score (nSPS) is 11.5. The van der Waals surface area contributed by atoms with Crippen LogP contribution in [0.5, 0.6) is 0 Å². The van der Waals surface area contributed by atoms with Crippen LogP contribution in [0.2, 0.25) is 0 Å². The van der Waals surface area contributed by atoms with Gasteiger partial charge in [-0.15, -0.1) is 0 Å². The van der Waals surface area contributed by atoms with Crippen molar-refractivity contribution in [3.63, 3.8) is 0 Å². The lowest BCUT2D eigenvalue weighted by Crippen LogP contribution is -2.04. The molecule has 0 aromatic heterocycles. The van der Waals surface area contributed by atoms with Crippen LogP contribution >= 0.6 is 0 Å². The molecule has 3 nitrogen and oxygen atoms in total. The Morgan fingerprint density at radius 1 is 0.909 bits per heavy atom. The van der Waals surface area contributed by atoms with Crippen LogP contribution in [0.1, 0.15) is 36.0 Å². The molecule has 0 aliphatic carbocycles. The van der Waals surface area contributed by atoms with Gasteiger partial charge in [-0.3, -0.25) is 4.55 Å². The first kappa shape index (κ1) is 16.7. The molecule has 0 saturated heterocycles. The molecule has 0 atom stereocenters. The van der Waals surface area contributed by atoms with Crippen molar-refractivity contribution in [1.29, 1.82) is 0 Å². The number of hydrogen-bond donors (Lipinski definition) is 1. The quantitative estimate of drug-likeness (QED) is 0.615. The summed E-state index contributed by atoms with van der Waals surface area (Å²) in [5, 5.41) is 0. The predicted molar refractivity (Wildman–Crippen MR) is 88.7 cm³/mol. The topological polar surface area (TPSA) is 54.4 Å². The van der Waals surface area contributed by atoms with Crippen LogP contribution in [0.15, 0.2) is 53.4 Å². The summed E-state index contributed by atoms with van der Waals surface area (Å²) in [6.45, 7) is 1.92. The molecule has 0 radical (unpaired) electrons. The molecule has 0 fully saturated rings. The van der Waals surface area contributed by atoms with E-state index in [1.165, 1.54) is 11.6 Å². The van der Waals surface area contributed by atoms with E-state index in [0.717, 1.165) is 31.2 Å². The van der Waals surface area contributed by atoms with Crippen molar-refractivity contribution in [2.75, 3.05) is 0 Å². The van der Waals surface area contributed by atoms with E-state index < -0.39 is 10.1 Å². The first-order valence-corrected chi connectivity index (χ1v) is 9.02. The van der Waals surface area contributed by atoms with Crippen molar-refractivity contribution in [1.82, 2.24) is 0 Å². The minimum atomic E-state index is -4.14. The fourth-order valence-corrected chi connectivity index (χ4v) is 3.35. The van der Waals surface area contributed by atoms with Gasteiger partial charge < -0.3 is 0 Å². The second-order valence-electron chi connectivity index (χ2n) is 5.63. The Hall–Kier alpha value is -1.65. The molecule has 0 aliphatic rings. The lowest BCUT2D eigenvalue weighted by atomic mass is 10.0. The molecule has 22 heavy (non-hydrogen) atoms. The molecule has 4 heteroatoms. The molecule has 0 amide bonds. The third-order valence-electron chi connectivity index (χ3n) is 3.75. The minimum Gasteiger partial charge on any atom is -0.282 e. The molecule has 0 bridgehead atoms. The highest BCUT2D eigenvalue weighted by Crippen LogP contribution is 2.20. The van der Waals surface area contributed by atoms with Crippen molar-refractivity contribution in [2.24, 2.45) is 0 Å². The highest BCUT2D eigenvalue weighted by Gasteiger charge is 2.14. The standard InChI is InChI=1S/C18H22O3S/c1-15-12-13-18(22(19,20)21)17(14-15)11-7-3-6-10-16-8-4-2-5-9-16/h2,4-5,8-9,12-14H,3,6-7,10-11H2,1H3,(H,19,20,21). The van der Waals surface area contributed by atoms with E-state index in [4.69, 9.17) is 0 Å². The van der Waals surface area contributed by atoms with E-state index in [0.29, 0.717) is 12.0 Å². The van der Waals surface area contributed by atoms with Crippen LogP contribution in [0.3, 0.4) is 0 Å². The zero-order valence-corrected chi connectivity index (χ0v) is 13.6. The first-order chi connectivity index (χ1) is 10.5. The Bertz CT molecular complexity index is 706. The van der Waals surface area contributed by atoms with Crippen LogP contribution in [0.4, 0.5) is 0 Å². The molecule has 118 valence electrons. The SMILES string of the molecule is Cc1ccc(S(=O)(=O)O)c(CCCCCc2ccccc2)c1. The van der Waals surface area contributed by atoms with Crippen LogP contribution in [0.25, 0.3) is 0 Å². The number of rotatable bonds is 7. The summed E-state index contributed by atoms with van der Waals surface area (Å²) in [5.41, 5.74) is 3.05. The molecule has 0 heterocycles. The fraction of sp³-hybridized carbons (Fsp3) is 0.333. The Labute approximate surface area is 132 Å². The second kappa shape index (κ2) is 7.56. The van der Waals surface area contributed by atoms with Gasteiger partial charge in [0.25, 0.3) is 10.1 Å². The summed E-state index contributed by atoms with van der Waals surface area (Å²) in [5.74, 6) is 0. The van der Waals surface area contributed by atoms with Gasteiger partial charge in [-0.2, -0.15) is 8.42 Å². The highest BCUT2D eigenvalue weighted by atomic mass is 32.2. The van der Waals surface area contributed by atoms with E-state index in [2.05, 4.69) is 12.1 Å². The van der Waals surface area contributed by atoms with Crippen LogP contribution in [0, 0.1) is 6.92 Å². The summed E-state index contributed by atoms with van der Waals surface area (Å²) < 4.78 is 32.1. The van der Waals surface area contributed by atoms with Gasteiger partial charge in [-0.1, -0.05) is 54.4 Å². The summed E-state index contributed by atoms with van der Waals surface area (Å²) >= 11 is 0. The van der Waals surface area contributed by atoms with Crippen molar-refractivity contribution >= 4 is 10.1 Å². The van der Waals surface area contributed by atoms with Crippen LogP contribution in [-0.2, 0) is 23.0 Å². The molecule has 0 saturated carbocycles. The van der Waals surface area contributed by atoms with Gasteiger partial charge in [0.2, 0.25) is 0 Å². The Morgan fingerprint density at radius 2 is 1.59 bits per heavy atom. The van der Waals surface area contributed by atoms with E-state index >= 15 is 0 Å². The van der Waals surface area contributed by atoms with Gasteiger partial charge >= 0.3 is 0 Å². The average molecular weight is 318 g/mol. The number of benzene rings is 2. The smallest absolute Gasteiger partial charge is 0.282 e. The highest BCUT2D eigenvalue weighted by molar-refractivity contribution is 7.85. The Balaban J connectivity index is 1.88. The lowest BCUT2D eigenvalue weighted by Gasteiger charge is -2.08. The summed E-state index contributed by atoms with van der Waals surface area (Å²) in [6.07, 6.45) is 4.75. The van der Waals surface area contributed by atoms with Gasteiger partial charge in [-0.25, -0.2) is 0 Å². The third kappa shape index (κ3) is 4.97. The predicted octanol–water partition coefficient (Wildman–Crippen LogP) is 4.20. The maximum Gasteiger partial charge on any atom is 0.294 e. The van der Waals surface area contributed by atoms with E-state index in [1.54, 1.807) is 6.07 Å². The van der Waals surface area contributed by atoms with Gasteiger partial charge in [0.1, 0.15) is 0 Å². The molecule has 1 N–H and O–H groups in total. The summed E-state index contributed by atoms with van der Waals surface area (Å²) in [4.78, 5) is 0.0427. The largest absolute Gasteiger partial charge is 0.294 e. The zero-order chi connectivity index (χ0) is 16.0. The van der Waals surface area contributed by atoms with Crippen molar-refractivity contribution < 1.29 is 13.0 Å². The summed E-state index contributed by atoms with van der Waals surface area (Å²) in [6, 6.07) is 15.4. The fourth-order valence-electron chi connectivity index (χ4n) is 2.62. The van der Waals surface area contributed by atoms with Crippen molar-refractivity contribution in [3.8, 4) is 0 Å². The van der Waals surface area contributed by atoms with Crippen LogP contribution in [-0.4, -0.2) is 13.0 Å². The maximum absolute atomic E-state index is 11.4. The van der Waals surface area contributed by atoms with Gasteiger partial charge in [0.15, 0.2) is 0 Å². The van der Waals surface area contributed by atoms with Crippen LogP contribution < -0.4 is 0 Å². The van der Waals surface area contributed by atoms with E-state index in [-0.39, 0.29) is 4.90 Å². The molecule has 0 spiro atoms. The Morgan fingerprint density at radius 3 is 2.27 bits per heavy atom. The minimum absolute atomic E-state index is 0.0427. The molecule has 0 aliphatic heterocycles. The second-order valence-corrected chi connectivity index (χ2v) is 7.02. The molecule has 2 aromatic rings. The Kier molecular flexibility index (Phi) is 5.75. The number of unbranched alkanes of at least 4 members (excludes halogenated alkanes) is 2. The molecular formula is C18H22O3S. The van der Waals surface area contributed by atoms with E-state index in [9.17, 15) is 13.0 Å². The van der Waals surface area contributed by atoms with Gasteiger partial charge in [0, 0.05) is 0 Å². The van der Waals surface area contributed by atoms with Gasteiger partial charge in [0.05, 0.1) is 4.90 Å². The van der Waals surface area contributed by atoms with E-state index in [1.807, 2.05) is 31.2 Å². The maximum atomic E-state index is 11.4. The van der Waals surface area contributed by atoms with Gasteiger partial charge in [-0.05, 0) is 49.8 Å². The molecule has 2 aromatic carbocycles.